The molecule has 1 aromatic rings. The highest BCUT2D eigenvalue weighted by molar-refractivity contribution is 5.68. The molecule has 0 heterocycles. The van der Waals surface area contributed by atoms with Gasteiger partial charge in [-0.15, -0.1) is 0 Å². The Bertz CT molecular complexity index is 412. The van der Waals surface area contributed by atoms with Gasteiger partial charge in [-0.3, -0.25) is 0 Å². The molecule has 0 aliphatic rings. The Morgan fingerprint density at radius 2 is 2.33 bits per heavy atom. The fourth-order valence-electron chi connectivity index (χ4n) is 1.03. The van der Waals surface area contributed by atoms with Gasteiger partial charge in [0.1, 0.15) is 12.4 Å². The Hall–Kier alpha value is -1.93. The normalized spacial score (nSPS) is 9.60. The third kappa shape index (κ3) is 3.37. The van der Waals surface area contributed by atoms with Crippen LogP contribution in [0.25, 0.3) is 0 Å². The topological polar surface area (TPSA) is 70.3 Å². The van der Waals surface area contributed by atoms with Crippen LogP contribution < -0.4 is 0 Å². The van der Waals surface area contributed by atoms with Gasteiger partial charge in [-0.1, -0.05) is 6.07 Å². The van der Waals surface area contributed by atoms with Crippen LogP contribution in [-0.4, -0.2) is 17.7 Å². The molecule has 0 saturated carbocycles. The molecule has 5 heteroatoms. The molecule has 0 atom stereocenters. The summed E-state index contributed by atoms with van der Waals surface area (Å²) in [5, 5.41) is 17.0. The third-order valence-electron chi connectivity index (χ3n) is 1.68. The maximum absolute atomic E-state index is 12.7. The van der Waals surface area contributed by atoms with Gasteiger partial charge in [0.25, 0.3) is 0 Å². The fourth-order valence-corrected chi connectivity index (χ4v) is 1.03. The third-order valence-corrected chi connectivity index (χ3v) is 1.68. The molecule has 0 fully saturated rings. The minimum atomic E-state index is -1.09. The Kier molecular flexibility index (Phi) is 3.77. The van der Waals surface area contributed by atoms with E-state index < -0.39 is 18.4 Å². The van der Waals surface area contributed by atoms with Gasteiger partial charge in [0, 0.05) is 0 Å². The molecule has 1 aromatic carbocycles. The first kappa shape index (κ1) is 11.1. The lowest BCUT2D eigenvalue weighted by atomic mass is 10.1. The molecule has 0 amide bonds. The van der Waals surface area contributed by atoms with Crippen molar-refractivity contribution in [3.63, 3.8) is 0 Å². The summed E-state index contributed by atoms with van der Waals surface area (Å²) in [4.78, 5) is 10.1. The first-order chi connectivity index (χ1) is 7.13. The first-order valence-electron chi connectivity index (χ1n) is 4.11. The number of hydrogen-bond acceptors (Lipinski definition) is 3. The molecule has 78 valence electrons. The molecule has 0 unspecified atom stereocenters. The predicted octanol–water partition coefficient (Wildman–Crippen LogP) is 1.30. The summed E-state index contributed by atoms with van der Waals surface area (Å²) in [5.41, 5.74) is 0.625. The largest absolute Gasteiger partial charge is 0.480 e. The van der Waals surface area contributed by atoms with Crippen LogP contribution in [-0.2, 0) is 16.1 Å². The summed E-state index contributed by atoms with van der Waals surface area (Å²) in [7, 11) is 0. The van der Waals surface area contributed by atoms with Crippen LogP contribution >= 0.6 is 0 Å². The van der Waals surface area contributed by atoms with Gasteiger partial charge in [0.15, 0.2) is 0 Å². The Labute approximate surface area is 85.5 Å². The monoisotopic (exact) mass is 209 g/mol. The zero-order valence-corrected chi connectivity index (χ0v) is 7.74. The molecule has 0 bridgehead atoms. The molecule has 0 aliphatic carbocycles. The maximum atomic E-state index is 12.7. The van der Waals surface area contributed by atoms with E-state index in [1.807, 2.05) is 6.07 Å². The lowest BCUT2D eigenvalue weighted by Crippen LogP contribution is -2.07. The van der Waals surface area contributed by atoms with Gasteiger partial charge in [0.05, 0.1) is 18.2 Å². The fraction of sp³-hybridized carbons (Fsp3) is 0.200. The summed E-state index contributed by atoms with van der Waals surface area (Å²) >= 11 is 0. The smallest absolute Gasteiger partial charge is 0.329 e. The molecule has 15 heavy (non-hydrogen) atoms. The van der Waals surface area contributed by atoms with Gasteiger partial charge in [0.2, 0.25) is 0 Å². The molecule has 0 aliphatic heterocycles. The van der Waals surface area contributed by atoms with Gasteiger partial charge >= 0.3 is 5.97 Å². The van der Waals surface area contributed by atoms with E-state index >= 15 is 0 Å². The zero-order valence-electron chi connectivity index (χ0n) is 7.74. The molecule has 0 aromatic heterocycles. The van der Waals surface area contributed by atoms with Crippen molar-refractivity contribution in [3.05, 3.63) is 35.1 Å². The molecule has 0 radical (unpaired) electrons. The minimum Gasteiger partial charge on any atom is -0.480 e. The molecular weight excluding hydrogens is 201 g/mol. The number of hydrogen-bond donors (Lipinski definition) is 1. The number of rotatable bonds is 4. The van der Waals surface area contributed by atoms with Crippen molar-refractivity contribution >= 4 is 5.97 Å². The van der Waals surface area contributed by atoms with E-state index in [1.165, 1.54) is 12.1 Å². The summed E-state index contributed by atoms with van der Waals surface area (Å²) in [5.74, 6) is -1.59. The van der Waals surface area contributed by atoms with Crippen LogP contribution in [0.15, 0.2) is 18.2 Å². The summed E-state index contributed by atoms with van der Waals surface area (Å²) in [6.07, 6.45) is 0. The maximum Gasteiger partial charge on any atom is 0.329 e. The van der Waals surface area contributed by atoms with E-state index in [0.29, 0.717) is 5.56 Å². The van der Waals surface area contributed by atoms with E-state index in [9.17, 15) is 9.18 Å². The summed E-state index contributed by atoms with van der Waals surface area (Å²) in [6.45, 7) is -0.461. The van der Waals surface area contributed by atoms with E-state index in [1.54, 1.807) is 0 Å². The number of carbonyl (C=O) groups is 1. The van der Waals surface area contributed by atoms with Crippen LogP contribution in [0.3, 0.4) is 0 Å². The standard InChI is InChI=1S/C10H8FNO3/c11-9-2-1-7(8(3-9)4-12)5-15-6-10(13)14/h1-3H,5-6H2,(H,13,14). The van der Waals surface area contributed by atoms with E-state index in [-0.39, 0.29) is 12.2 Å². The second-order valence-corrected chi connectivity index (χ2v) is 2.80. The number of ether oxygens (including phenoxy) is 1. The lowest BCUT2D eigenvalue weighted by Gasteiger charge is -2.03. The quantitative estimate of drug-likeness (QED) is 0.811. The predicted molar refractivity (Wildman–Crippen MR) is 48.4 cm³/mol. The molecule has 1 rings (SSSR count). The van der Waals surface area contributed by atoms with Crippen LogP contribution in [0.2, 0.25) is 0 Å². The van der Waals surface area contributed by atoms with Crippen molar-refractivity contribution in [2.75, 3.05) is 6.61 Å². The molecule has 0 spiro atoms. The van der Waals surface area contributed by atoms with Gasteiger partial charge in [-0.2, -0.15) is 5.26 Å². The van der Waals surface area contributed by atoms with Crippen molar-refractivity contribution in [2.24, 2.45) is 0 Å². The summed E-state index contributed by atoms with van der Waals surface area (Å²) < 4.78 is 17.5. The highest BCUT2D eigenvalue weighted by atomic mass is 19.1. The second kappa shape index (κ2) is 5.08. The zero-order chi connectivity index (χ0) is 11.3. The van der Waals surface area contributed by atoms with Crippen molar-refractivity contribution in [2.45, 2.75) is 6.61 Å². The van der Waals surface area contributed by atoms with E-state index in [2.05, 4.69) is 0 Å². The van der Waals surface area contributed by atoms with Gasteiger partial charge in [-0.25, -0.2) is 9.18 Å². The van der Waals surface area contributed by atoms with Gasteiger partial charge < -0.3 is 9.84 Å². The number of carboxylic acid groups (broad SMARTS) is 1. The van der Waals surface area contributed by atoms with Crippen LogP contribution in [0.4, 0.5) is 4.39 Å². The number of nitriles is 1. The van der Waals surface area contributed by atoms with Crippen LogP contribution in [0.1, 0.15) is 11.1 Å². The first-order valence-corrected chi connectivity index (χ1v) is 4.11. The van der Waals surface area contributed by atoms with Crippen molar-refractivity contribution in [1.29, 1.82) is 5.26 Å². The SMILES string of the molecule is N#Cc1cc(F)ccc1COCC(=O)O. The number of aliphatic carboxylic acids is 1. The van der Waals surface area contributed by atoms with Crippen LogP contribution in [0.5, 0.6) is 0 Å². The Morgan fingerprint density at radius 3 is 2.93 bits per heavy atom. The molecule has 0 saturated heterocycles. The lowest BCUT2D eigenvalue weighted by molar-refractivity contribution is -0.142. The highest BCUT2D eigenvalue weighted by Crippen LogP contribution is 2.11. The van der Waals surface area contributed by atoms with Crippen molar-refractivity contribution in [3.8, 4) is 6.07 Å². The molecular formula is C10H8FNO3. The Morgan fingerprint density at radius 1 is 1.60 bits per heavy atom. The molecule has 4 nitrogen and oxygen atoms in total. The molecule has 1 N–H and O–H groups in total. The number of nitrogens with zero attached hydrogens (tertiary/aromatic N) is 1. The van der Waals surface area contributed by atoms with Crippen molar-refractivity contribution in [1.82, 2.24) is 0 Å². The second-order valence-electron chi connectivity index (χ2n) is 2.80. The minimum absolute atomic E-state index is 0.0184. The number of benzene rings is 1. The van der Waals surface area contributed by atoms with Gasteiger partial charge in [-0.05, 0) is 17.7 Å². The van der Waals surface area contributed by atoms with Crippen LogP contribution in [0, 0.1) is 17.1 Å². The number of carboxylic acids is 1. The van der Waals surface area contributed by atoms with E-state index in [4.69, 9.17) is 15.1 Å². The summed E-state index contributed by atoms with van der Waals surface area (Å²) in [6, 6.07) is 5.48. The Balaban J connectivity index is 2.69. The highest BCUT2D eigenvalue weighted by Gasteiger charge is 2.04. The van der Waals surface area contributed by atoms with Crippen molar-refractivity contribution < 1.29 is 19.0 Å². The number of halogens is 1. The average molecular weight is 209 g/mol. The van der Waals surface area contributed by atoms with E-state index in [0.717, 1.165) is 6.07 Å². The average Bonchev–Trinajstić information content (AvgIpc) is 2.19.